The van der Waals surface area contributed by atoms with Crippen molar-refractivity contribution < 1.29 is 30.1 Å². The lowest BCUT2D eigenvalue weighted by Gasteiger charge is -2.15. The lowest BCUT2D eigenvalue weighted by atomic mass is 10.9. The molecule has 0 spiro atoms. The van der Waals surface area contributed by atoms with Crippen molar-refractivity contribution in [3.8, 4) is 0 Å². The van der Waals surface area contributed by atoms with Crippen LogP contribution in [0.15, 0.2) is 0 Å². The maximum Gasteiger partial charge on any atom is 0.266 e. The van der Waals surface area contributed by atoms with Crippen LogP contribution >= 0.6 is 8.03 Å². The summed E-state index contributed by atoms with van der Waals surface area (Å²) in [6.07, 6.45) is 0.687. The van der Waals surface area contributed by atoms with Gasteiger partial charge in [-0.15, -0.1) is 0 Å². The predicted octanol–water partition coefficient (Wildman–Crippen LogP) is 0.192. The quantitative estimate of drug-likeness (QED) is 0.487. The molecule has 0 bridgehead atoms. The molecule has 0 aromatic heterocycles. The summed E-state index contributed by atoms with van der Waals surface area (Å²) in [6.45, 7) is 2.83. The van der Waals surface area contributed by atoms with Crippen molar-refractivity contribution in [2.75, 3.05) is 18.6 Å². The lowest BCUT2D eigenvalue weighted by Crippen LogP contribution is -2.26. The van der Waals surface area contributed by atoms with E-state index in [1.807, 2.05) is 0 Å². The van der Waals surface area contributed by atoms with E-state index in [9.17, 15) is 21.4 Å². The normalized spacial score (nSPS) is 16.9. The number of rotatable bonds is 7. The van der Waals surface area contributed by atoms with Gasteiger partial charge in [-0.1, -0.05) is 6.92 Å². The molecule has 0 amide bonds. The minimum Gasteiger partial charge on any atom is -0.328 e. The Bertz CT molecular complexity index is 437. The monoisotopic (exact) mass is 294 g/mol. The highest BCUT2D eigenvalue weighted by molar-refractivity contribution is 7.97. The highest BCUT2D eigenvalue weighted by Crippen LogP contribution is 2.35. The van der Waals surface area contributed by atoms with Gasteiger partial charge in [0.25, 0.3) is 10.1 Å². The van der Waals surface area contributed by atoms with E-state index in [-0.39, 0.29) is 12.4 Å². The van der Waals surface area contributed by atoms with Gasteiger partial charge in [0, 0.05) is 0 Å². The summed E-state index contributed by atoms with van der Waals surface area (Å²) in [6, 6.07) is 0. The average Bonchev–Trinajstić information content (AvgIpc) is 2.13. The van der Waals surface area contributed by atoms with E-state index in [4.69, 9.17) is 0 Å². The Morgan fingerprint density at radius 3 is 2.00 bits per heavy atom. The molecule has 0 aromatic rings. The van der Waals surface area contributed by atoms with Gasteiger partial charge in [-0.25, -0.2) is 12.6 Å². The molecule has 0 heterocycles. The van der Waals surface area contributed by atoms with Crippen LogP contribution in [0.3, 0.4) is 0 Å². The largest absolute Gasteiger partial charge is 0.328 e. The van der Waals surface area contributed by atoms with E-state index >= 15 is 0 Å². The van der Waals surface area contributed by atoms with Gasteiger partial charge in [0.1, 0.15) is 0 Å². The summed E-state index contributed by atoms with van der Waals surface area (Å²) in [7, 11) is -11.0. The molecule has 0 fully saturated rings. The second kappa shape index (κ2) is 6.11. The van der Waals surface area contributed by atoms with Crippen molar-refractivity contribution in [3.05, 3.63) is 0 Å². The first-order valence-corrected chi connectivity index (χ1v) is 9.33. The SMILES string of the molecule is CCO[PH](=O)C(OS(C)(=O)=O)S(=O)(=O)CC. The minimum absolute atomic E-state index is 0.0145. The van der Waals surface area contributed by atoms with E-state index in [0.717, 1.165) is 0 Å². The smallest absolute Gasteiger partial charge is 0.266 e. The van der Waals surface area contributed by atoms with Gasteiger partial charge in [-0.2, -0.15) is 8.42 Å². The third-order valence-corrected chi connectivity index (χ3v) is 6.59. The van der Waals surface area contributed by atoms with Crippen molar-refractivity contribution >= 4 is 28.0 Å². The molecule has 0 aromatic carbocycles. The van der Waals surface area contributed by atoms with Crippen LogP contribution < -0.4 is 0 Å². The number of hydrogen-bond donors (Lipinski definition) is 0. The second-order valence-electron chi connectivity index (χ2n) is 2.84. The molecule has 0 saturated heterocycles. The minimum atomic E-state index is -4.01. The summed E-state index contributed by atoms with van der Waals surface area (Å²) in [5, 5.41) is -1.93. The first-order chi connectivity index (χ1) is 7.14. The molecule has 0 saturated carbocycles. The fourth-order valence-corrected chi connectivity index (χ4v) is 5.43. The van der Waals surface area contributed by atoms with E-state index in [0.29, 0.717) is 6.26 Å². The molecule has 16 heavy (non-hydrogen) atoms. The van der Waals surface area contributed by atoms with Gasteiger partial charge in [-0.3, -0.25) is 4.57 Å². The zero-order chi connectivity index (χ0) is 13.0. The standard InChI is InChI=1S/C6H15O7PS2/c1-4-12-14(7)6(13-15(3,8)9)16(10,11)5-2/h6,14H,4-5H2,1-3H3. The van der Waals surface area contributed by atoms with Crippen molar-refractivity contribution in [1.29, 1.82) is 0 Å². The molecular formula is C6H15O7PS2. The Hall–Kier alpha value is 0.0500. The maximum atomic E-state index is 11.4. The van der Waals surface area contributed by atoms with Gasteiger partial charge in [0.2, 0.25) is 13.2 Å². The van der Waals surface area contributed by atoms with E-state index < -0.39 is 33.2 Å². The Labute approximate surface area is 96.0 Å². The van der Waals surface area contributed by atoms with Gasteiger partial charge >= 0.3 is 0 Å². The van der Waals surface area contributed by atoms with Gasteiger partial charge in [0.05, 0.1) is 18.6 Å². The van der Waals surface area contributed by atoms with Gasteiger partial charge < -0.3 is 4.52 Å². The van der Waals surface area contributed by atoms with Crippen LogP contribution in [-0.4, -0.2) is 40.6 Å². The molecule has 7 nitrogen and oxygen atoms in total. The van der Waals surface area contributed by atoms with Crippen LogP contribution in [0.2, 0.25) is 0 Å². The number of hydrogen-bond acceptors (Lipinski definition) is 7. The predicted molar refractivity (Wildman–Crippen MR) is 59.8 cm³/mol. The molecule has 0 rings (SSSR count). The third kappa shape index (κ3) is 5.40. The Balaban J connectivity index is 5.16. The topological polar surface area (TPSA) is 104 Å². The zero-order valence-corrected chi connectivity index (χ0v) is 11.8. The maximum absolute atomic E-state index is 11.4. The van der Waals surface area contributed by atoms with Crippen LogP contribution in [-0.2, 0) is 33.2 Å². The summed E-state index contributed by atoms with van der Waals surface area (Å²) < 4.78 is 64.9. The fourth-order valence-electron chi connectivity index (χ4n) is 0.766. The Morgan fingerprint density at radius 2 is 1.69 bits per heavy atom. The molecule has 10 heteroatoms. The lowest BCUT2D eigenvalue weighted by molar-refractivity contribution is 0.290. The Morgan fingerprint density at radius 1 is 1.19 bits per heavy atom. The highest BCUT2D eigenvalue weighted by atomic mass is 32.2. The first-order valence-electron chi connectivity index (χ1n) is 4.40. The van der Waals surface area contributed by atoms with Gasteiger partial charge in [-0.05, 0) is 6.92 Å². The fraction of sp³-hybridized carbons (Fsp3) is 1.00. The molecule has 2 unspecified atom stereocenters. The van der Waals surface area contributed by atoms with E-state index in [1.54, 1.807) is 0 Å². The number of sulfone groups is 1. The average molecular weight is 294 g/mol. The van der Waals surface area contributed by atoms with Crippen LogP contribution in [0.4, 0.5) is 0 Å². The van der Waals surface area contributed by atoms with E-state index in [2.05, 4.69) is 8.71 Å². The molecule has 2 atom stereocenters. The van der Waals surface area contributed by atoms with Gasteiger partial charge in [0.15, 0.2) is 9.84 Å². The summed E-state index contributed by atoms with van der Waals surface area (Å²) in [5.41, 5.74) is 0. The third-order valence-electron chi connectivity index (χ3n) is 1.47. The Kier molecular flexibility index (Phi) is 6.13. The molecule has 0 aliphatic carbocycles. The summed E-state index contributed by atoms with van der Waals surface area (Å²) in [5.74, 6) is -0.378. The van der Waals surface area contributed by atoms with Crippen LogP contribution in [0, 0.1) is 0 Å². The van der Waals surface area contributed by atoms with Crippen LogP contribution in [0.5, 0.6) is 0 Å². The second-order valence-corrected chi connectivity index (χ2v) is 8.64. The molecule has 98 valence electrons. The molecule has 0 aliphatic heterocycles. The first kappa shape index (κ1) is 16.1. The van der Waals surface area contributed by atoms with Crippen LogP contribution in [0.25, 0.3) is 0 Å². The molecule has 0 N–H and O–H groups in total. The molecular weight excluding hydrogens is 279 g/mol. The van der Waals surface area contributed by atoms with Crippen molar-refractivity contribution in [2.45, 2.75) is 19.0 Å². The molecule has 0 aliphatic rings. The summed E-state index contributed by atoms with van der Waals surface area (Å²) >= 11 is 0. The van der Waals surface area contributed by atoms with Crippen LogP contribution in [0.1, 0.15) is 13.8 Å². The highest BCUT2D eigenvalue weighted by Gasteiger charge is 2.34. The zero-order valence-electron chi connectivity index (χ0n) is 9.17. The van der Waals surface area contributed by atoms with Crippen molar-refractivity contribution in [3.63, 3.8) is 0 Å². The van der Waals surface area contributed by atoms with Crippen molar-refractivity contribution in [1.82, 2.24) is 0 Å². The van der Waals surface area contributed by atoms with E-state index in [1.165, 1.54) is 13.8 Å². The molecule has 0 radical (unpaired) electrons. The summed E-state index contributed by atoms with van der Waals surface area (Å²) in [4.78, 5) is 0. The van der Waals surface area contributed by atoms with Crippen molar-refractivity contribution in [2.24, 2.45) is 0 Å².